The Hall–Kier alpha value is -2.60. The quantitative estimate of drug-likeness (QED) is 0.711. The fourth-order valence-electron chi connectivity index (χ4n) is 3.02. The van der Waals surface area contributed by atoms with Gasteiger partial charge in [0.05, 0.1) is 16.6 Å². The van der Waals surface area contributed by atoms with Crippen molar-refractivity contribution in [1.29, 1.82) is 0 Å². The molecule has 6 heteroatoms. The van der Waals surface area contributed by atoms with Crippen LogP contribution in [-0.4, -0.2) is 23.7 Å². The van der Waals surface area contributed by atoms with Crippen molar-refractivity contribution in [3.05, 3.63) is 52.3 Å². The summed E-state index contributed by atoms with van der Waals surface area (Å²) in [4.78, 5) is 17.5. The second-order valence-corrected chi connectivity index (χ2v) is 7.27. The summed E-state index contributed by atoms with van der Waals surface area (Å²) in [6, 6.07) is 11.9. The molecule has 0 saturated heterocycles. The van der Waals surface area contributed by atoms with Crippen molar-refractivity contribution in [2.24, 2.45) is 4.99 Å². The molecule has 0 saturated carbocycles. The van der Waals surface area contributed by atoms with Gasteiger partial charge in [0.25, 0.3) is 5.91 Å². The second kappa shape index (κ2) is 6.96. The Bertz CT molecular complexity index is 1030. The molecule has 1 aliphatic rings. The summed E-state index contributed by atoms with van der Waals surface area (Å²) < 4.78 is 14.4. The third-order valence-corrected chi connectivity index (χ3v) is 5.40. The highest BCUT2D eigenvalue weighted by Gasteiger charge is 2.16. The van der Waals surface area contributed by atoms with Gasteiger partial charge >= 0.3 is 0 Å². The molecule has 3 aromatic rings. The minimum absolute atomic E-state index is 0.139. The number of hydrogen-bond acceptors (Lipinski definition) is 4. The van der Waals surface area contributed by atoms with Gasteiger partial charge in [0, 0.05) is 18.7 Å². The van der Waals surface area contributed by atoms with E-state index < -0.39 is 0 Å². The number of thiazole rings is 1. The maximum atomic E-state index is 12.4. The van der Waals surface area contributed by atoms with E-state index in [2.05, 4.69) is 4.99 Å². The molecule has 1 aliphatic heterocycles. The number of amides is 1. The summed E-state index contributed by atoms with van der Waals surface area (Å²) in [5.74, 6) is 1.37. The molecule has 1 aromatic heterocycles. The Kier molecular flexibility index (Phi) is 4.51. The smallest absolute Gasteiger partial charge is 0.252 e. The monoisotopic (exact) mass is 368 g/mol. The first-order valence-corrected chi connectivity index (χ1v) is 9.52. The molecule has 26 heavy (non-hydrogen) atoms. The van der Waals surface area contributed by atoms with Crippen LogP contribution in [-0.2, 0) is 17.8 Å². The Morgan fingerprint density at radius 3 is 2.54 bits per heavy atom. The zero-order valence-corrected chi connectivity index (χ0v) is 15.6. The van der Waals surface area contributed by atoms with Crippen molar-refractivity contribution in [1.82, 2.24) is 4.57 Å². The molecule has 0 atom stereocenters. The number of aryl methyl sites for hydroxylation is 2. The lowest BCUT2D eigenvalue weighted by molar-refractivity contribution is -0.117. The summed E-state index contributed by atoms with van der Waals surface area (Å²) in [5, 5.41) is 0. The molecule has 0 N–H and O–H groups in total. The Morgan fingerprint density at radius 2 is 1.85 bits per heavy atom. The number of aromatic nitrogens is 1. The minimum Gasteiger partial charge on any atom is -0.486 e. The molecule has 0 bridgehead atoms. The van der Waals surface area contributed by atoms with E-state index in [1.807, 2.05) is 54.8 Å². The van der Waals surface area contributed by atoms with E-state index >= 15 is 0 Å². The topological polar surface area (TPSA) is 52.8 Å². The number of ether oxygens (including phenoxy) is 2. The van der Waals surface area contributed by atoms with Crippen LogP contribution < -0.4 is 14.3 Å². The number of fused-ring (bicyclic) bond motifs is 2. The van der Waals surface area contributed by atoms with Crippen LogP contribution in [0.5, 0.6) is 11.5 Å². The van der Waals surface area contributed by atoms with Crippen LogP contribution in [0.2, 0.25) is 0 Å². The lowest BCUT2D eigenvalue weighted by Crippen LogP contribution is -2.17. The zero-order valence-electron chi connectivity index (χ0n) is 14.8. The molecular formula is C20H20N2O3S. The van der Waals surface area contributed by atoms with Gasteiger partial charge in [0.15, 0.2) is 16.3 Å². The highest BCUT2D eigenvalue weighted by Crippen LogP contribution is 2.35. The van der Waals surface area contributed by atoms with Gasteiger partial charge in [-0.3, -0.25) is 4.79 Å². The van der Waals surface area contributed by atoms with Crippen molar-refractivity contribution in [2.45, 2.75) is 26.8 Å². The zero-order chi connectivity index (χ0) is 18.1. The first-order chi connectivity index (χ1) is 12.6. The van der Waals surface area contributed by atoms with E-state index in [0.29, 0.717) is 24.4 Å². The molecule has 1 amide bonds. The summed E-state index contributed by atoms with van der Waals surface area (Å²) in [6.07, 6.45) is 0.307. The van der Waals surface area contributed by atoms with E-state index in [4.69, 9.17) is 9.47 Å². The first-order valence-electron chi connectivity index (χ1n) is 8.70. The Balaban J connectivity index is 1.71. The highest BCUT2D eigenvalue weighted by atomic mass is 32.1. The average Bonchev–Trinajstić information content (AvgIpc) is 2.97. The minimum atomic E-state index is -0.139. The Morgan fingerprint density at radius 1 is 1.15 bits per heavy atom. The molecule has 0 aliphatic carbocycles. The molecule has 2 aromatic carbocycles. The van der Waals surface area contributed by atoms with Gasteiger partial charge in [-0.1, -0.05) is 41.2 Å². The van der Waals surface area contributed by atoms with Crippen LogP contribution in [0.1, 0.15) is 18.1 Å². The highest BCUT2D eigenvalue weighted by molar-refractivity contribution is 7.16. The number of carbonyl (C=O) groups excluding carboxylic acids is 1. The van der Waals surface area contributed by atoms with E-state index in [-0.39, 0.29) is 5.91 Å². The molecule has 2 heterocycles. The van der Waals surface area contributed by atoms with Crippen molar-refractivity contribution in [3.63, 3.8) is 0 Å². The van der Waals surface area contributed by atoms with Crippen LogP contribution in [0.15, 0.2) is 41.4 Å². The van der Waals surface area contributed by atoms with E-state index in [0.717, 1.165) is 33.8 Å². The second-order valence-electron chi connectivity index (χ2n) is 6.26. The summed E-state index contributed by atoms with van der Waals surface area (Å²) in [6.45, 7) is 5.93. The SMILES string of the molecule is CCn1c(=NC(=O)Cc2ccc(C)cc2)sc2cc3c(cc21)OCCO3. The molecule has 0 spiro atoms. The standard InChI is InChI=1S/C20H20N2O3S/c1-3-22-15-11-16-17(25-9-8-24-16)12-18(15)26-20(22)21-19(23)10-14-6-4-13(2)5-7-14/h4-7,11-12H,3,8-10H2,1-2H3. The Labute approximate surface area is 155 Å². The summed E-state index contributed by atoms with van der Waals surface area (Å²) in [5.41, 5.74) is 3.18. The van der Waals surface area contributed by atoms with Gasteiger partial charge in [-0.15, -0.1) is 0 Å². The van der Waals surface area contributed by atoms with Crippen molar-refractivity contribution in [3.8, 4) is 11.5 Å². The molecule has 134 valence electrons. The first kappa shape index (κ1) is 16.8. The maximum Gasteiger partial charge on any atom is 0.252 e. The lowest BCUT2D eigenvalue weighted by Gasteiger charge is -2.18. The van der Waals surface area contributed by atoms with E-state index in [9.17, 15) is 4.79 Å². The molecule has 5 nitrogen and oxygen atoms in total. The summed E-state index contributed by atoms with van der Waals surface area (Å²) in [7, 11) is 0. The largest absolute Gasteiger partial charge is 0.486 e. The van der Waals surface area contributed by atoms with E-state index in [1.54, 1.807) is 0 Å². The van der Waals surface area contributed by atoms with Gasteiger partial charge in [-0.2, -0.15) is 4.99 Å². The predicted molar refractivity (Wildman–Crippen MR) is 102 cm³/mol. The summed E-state index contributed by atoms with van der Waals surface area (Å²) >= 11 is 1.50. The normalized spacial score (nSPS) is 14.0. The van der Waals surface area contributed by atoms with Crippen LogP contribution in [0, 0.1) is 6.92 Å². The van der Waals surface area contributed by atoms with Gasteiger partial charge in [0.1, 0.15) is 13.2 Å². The molecule has 0 unspecified atom stereocenters. The van der Waals surface area contributed by atoms with Crippen LogP contribution in [0.4, 0.5) is 0 Å². The van der Waals surface area contributed by atoms with Gasteiger partial charge < -0.3 is 14.0 Å². The van der Waals surface area contributed by atoms with Crippen molar-refractivity contribution in [2.75, 3.05) is 13.2 Å². The third kappa shape index (κ3) is 3.24. The molecule has 4 rings (SSSR count). The molecular weight excluding hydrogens is 348 g/mol. The fourth-order valence-corrected chi connectivity index (χ4v) is 4.15. The number of rotatable bonds is 3. The number of nitrogens with zero attached hydrogens (tertiary/aromatic N) is 2. The average molecular weight is 368 g/mol. The molecule has 0 radical (unpaired) electrons. The number of hydrogen-bond donors (Lipinski definition) is 0. The molecule has 0 fully saturated rings. The number of carbonyl (C=O) groups is 1. The van der Waals surface area contributed by atoms with Crippen molar-refractivity contribution < 1.29 is 14.3 Å². The van der Waals surface area contributed by atoms with Gasteiger partial charge in [-0.05, 0) is 19.4 Å². The van der Waals surface area contributed by atoms with Crippen LogP contribution >= 0.6 is 11.3 Å². The lowest BCUT2D eigenvalue weighted by atomic mass is 10.1. The third-order valence-electron chi connectivity index (χ3n) is 4.36. The maximum absolute atomic E-state index is 12.4. The van der Waals surface area contributed by atoms with Crippen LogP contribution in [0.25, 0.3) is 10.2 Å². The fraction of sp³-hybridized carbons (Fsp3) is 0.300. The predicted octanol–water partition coefficient (Wildman–Crippen LogP) is 3.47. The van der Waals surface area contributed by atoms with Crippen molar-refractivity contribution >= 4 is 27.5 Å². The van der Waals surface area contributed by atoms with E-state index in [1.165, 1.54) is 16.9 Å². The van der Waals surface area contributed by atoms with Gasteiger partial charge in [0.2, 0.25) is 0 Å². The van der Waals surface area contributed by atoms with Gasteiger partial charge in [-0.25, -0.2) is 0 Å². The number of benzene rings is 2. The van der Waals surface area contributed by atoms with Crippen LogP contribution in [0.3, 0.4) is 0 Å².